The van der Waals surface area contributed by atoms with E-state index in [0.29, 0.717) is 35.6 Å². The molecular formula is C27H38BrN4O4P. The van der Waals surface area contributed by atoms with Crippen molar-refractivity contribution < 1.29 is 18.6 Å². The lowest BCUT2D eigenvalue weighted by atomic mass is 9.87. The van der Waals surface area contributed by atoms with Gasteiger partial charge in [0.2, 0.25) is 5.88 Å². The monoisotopic (exact) mass is 592 g/mol. The van der Waals surface area contributed by atoms with Crippen LogP contribution in [0.25, 0.3) is 5.70 Å². The lowest BCUT2D eigenvalue weighted by Gasteiger charge is -2.29. The highest BCUT2D eigenvalue weighted by Crippen LogP contribution is 2.36. The predicted octanol–water partition coefficient (Wildman–Crippen LogP) is 6.12. The molecule has 0 fully saturated rings. The Balaban J connectivity index is 1.71. The molecule has 0 bridgehead atoms. The Morgan fingerprint density at radius 2 is 2.00 bits per heavy atom. The van der Waals surface area contributed by atoms with E-state index in [1.807, 2.05) is 18.2 Å². The molecule has 0 radical (unpaired) electrons. The van der Waals surface area contributed by atoms with Crippen LogP contribution in [0, 0.1) is 0 Å². The maximum absolute atomic E-state index is 6.05. The number of nitrogens with one attached hydrogen (secondary N) is 3. The molecule has 3 N–H and O–H groups in total. The number of rotatable bonds is 12. The molecule has 10 heteroatoms. The standard InChI is InChI=1S/C27H38BrN4O4P/c1-8-13-29-14-15-30-26-32-24(33-6)23(25(34-7)37-26)31-17(2)20-11-12-22(35-20)36-21-16-18(27(3,4)5)9-10-19(21)28/h9-12,16,25,29,31,37H,2,8,13-15H2,1,3-7H3,(H,30,32). The first-order valence-corrected chi connectivity index (χ1v) is 14.2. The highest BCUT2D eigenvalue weighted by Gasteiger charge is 2.29. The maximum atomic E-state index is 6.05. The molecular weight excluding hydrogens is 555 g/mol. The van der Waals surface area contributed by atoms with Gasteiger partial charge in [-0.1, -0.05) is 40.3 Å². The van der Waals surface area contributed by atoms with Gasteiger partial charge in [-0.15, -0.1) is 0 Å². The molecule has 202 valence electrons. The second kappa shape index (κ2) is 13.5. The first-order valence-electron chi connectivity index (χ1n) is 12.3. The quantitative estimate of drug-likeness (QED) is 0.202. The van der Waals surface area contributed by atoms with Gasteiger partial charge in [0.1, 0.15) is 22.9 Å². The zero-order chi connectivity index (χ0) is 27.0. The third-order valence-electron chi connectivity index (χ3n) is 5.60. The van der Waals surface area contributed by atoms with Gasteiger partial charge in [-0.05, 0) is 66.7 Å². The van der Waals surface area contributed by atoms with Gasteiger partial charge in [0.25, 0.3) is 5.95 Å². The van der Waals surface area contributed by atoms with Crippen LogP contribution in [-0.2, 0) is 14.9 Å². The average Bonchev–Trinajstić information content (AvgIpc) is 3.33. The number of nitrogens with zero attached hydrogens (tertiary/aromatic N) is 1. The summed E-state index contributed by atoms with van der Waals surface area (Å²) in [4.78, 5) is 4.67. The Kier molecular flexibility index (Phi) is 10.6. The summed E-state index contributed by atoms with van der Waals surface area (Å²) in [7, 11) is 3.57. The Morgan fingerprint density at radius 3 is 2.68 bits per heavy atom. The number of amidine groups is 1. The summed E-state index contributed by atoms with van der Waals surface area (Å²) in [5, 5.41) is 9.94. The van der Waals surface area contributed by atoms with Gasteiger partial charge in [0.15, 0.2) is 5.76 Å². The van der Waals surface area contributed by atoms with E-state index in [0.717, 1.165) is 35.3 Å². The lowest BCUT2D eigenvalue weighted by molar-refractivity contribution is 0.177. The fraction of sp³-hybridized carbons (Fsp3) is 0.444. The van der Waals surface area contributed by atoms with Gasteiger partial charge in [0, 0.05) is 19.7 Å². The minimum atomic E-state index is -0.253. The Hall–Kier alpha value is -2.32. The Morgan fingerprint density at radius 1 is 1.22 bits per heavy atom. The van der Waals surface area contributed by atoms with Crippen LogP contribution in [0.3, 0.4) is 0 Å². The molecule has 2 unspecified atom stereocenters. The van der Waals surface area contributed by atoms with Crippen molar-refractivity contribution in [3.8, 4) is 11.7 Å². The molecule has 0 aliphatic carbocycles. The lowest BCUT2D eigenvalue weighted by Crippen LogP contribution is -2.37. The van der Waals surface area contributed by atoms with E-state index >= 15 is 0 Å². The molecule has 0 saturated heterocycles. The molecule has 2 aromatic rings. The van der Waals surface area contributed by atoms with Gasteiger partial charge in [-0.2, -0.15) is 0 Å². The second-order valence-electron chi connectivity index (χ2n) is 9.53. The first-order chi connectivity index (χ1) is 17.7. The predicted molar refractivity (Wildman–Crippen MR) is 156 cm³/mol. The topological polar surface area (TPSA) is 89.3 Å². The van der Waals surface area contributed by atoms with Crippen LogP contribution in [0.4, 0.5) is 0 Å². The van der Waals surface area contributed by atoms with Crippen molar-refractivity contribution in [1.82, 2.24) is 16.0 Å². The number of benzene rings is 1. The second-order valence-corrected chi connectivity index (χ2v) is 11.7. The van der Waals surface area contributed by atoms with Gasteiger partial charge >= 0.3 is 0 Å². The van der Waals surface area contributed by atoms with Crippen LogP contribution in [0.15, 0.2) is 62.4 Å². The zero-order valence-corrected chi connectivity index (χ0v) is 25.0. The molecule has 3 rings (SSSR count). The molecule has 1 aliphatic rings. The molecule has 1 aromatic carbocycles. The van der Waals surface area contributed by atoms with Crippen molar-refractivity contribution in [1.29, 1.82) is 0 Å². The summed E-state index contributed by atoms with van der Waals surface area (Å²) in [5.74, 6) is 1.88. The van der Waals surface area contributed by atoms with Crippen molar-refractivity contribution in [2.45, 2.75) is 45.4 Å². The third kappa shape index (κ3) is 8.08. The average molecular weight is 594 g/mol. The summed E-state index contributed by atoms with van der Waals surface area (Å²) in [6.07, 6.45) is 1.10. The summed E-state index contributed by atoms with van der Waals surface area (Å²) in [6.45, 7) is 15.3. The SMILES string of the molecule is C=C(NC1=C(OC)NC(=NCCNCCC)PC1OC)c1ccc(Oc2cc(C(C)(C)C)ccc2Br)o1. The van der Waals surface area contributed by atoms with Crippen molar-refractivity contribution in [2.75, 3.05) is 33.9 Å². The minimum absolute atomic E-state index is 0.00121. The highest BCUT2D eigenvalue weighted by molar-refractivity contribution is 9.10. The van der Waals surface area contributed by atoms with Crippen molar-refractivity contribution >= 4 is 35.8 Å². The van der Waals surface area contributed by atoms with E-state index in [4.69, 9.17) is 18.6 Å². The molecule has 2 heterocycles. The largest absolute Gasteiger partial charge is 0.481 e. The molecule has 0 spiro atoms. The normalized spacial score (nSPS) is 17.7. The van der Waals surface area contributed by atoms with E-state index in [2.05, 4.69) is 77.2 Å². The van der Waals surface area contributed by atoms with Crippen molar-refractivity contribution in [3.05, 3.63) is 64.3 Å². The fourth-order valence-electron chi connectivity index (χ4n) is 3.54. The van der Waals surface area contributed by atoms with Gasteiger partial charge < -0.3 is 34.6 Å². The van der Waals surface area contributed by atoms with Gasteiger partial charge in [-0.25, -0.2) is 0 Å². The summed E-state index contributed by atoms with van der Waals surface area (Å²) < 4.78 is 24.2. The molecule has 1 aliphatic heterocycles. The number of aliphatic imine (C=N–C) groups is 1. The van der Waals surface area contributed by atoms with Gasteiger partial charge in [0.05, 0.1) is 23.8 Å². The van der Waals surface area contributed by atoms with E-state index in [1.165, 1.54) is 5.56 Å². The van der Waals surface area contributed by atoms with Crippen molar-refractivity contribution in [3.63, 3.8) is 0 Å². The maximum Gasteiger partial charge on any atom is 0.290 e. The number of hydrogen-bond acceptors (Lipinski definition) is 7. The molecule has 8 nitrogen and oxygen atoms in total. The highest BCUT2D eigenvalue weighted by atomic mass is 79.9. The molecule has 0 saturated carbocycles. The minimum Gasteiger partial charge on any atom is -0.481 e. The van der Waals surface area contributed by atoms with Crippen LogP contribution in [-0.4, -0.2) is 45.3 Å². The fourth-order valence-corrected chi connectivity index (χ4v) is 4.97. The first kappa shape index (κ1) is 29.2. The number of ether oxygens (including phenoxy) is 3. The van der Waals surface area contributed by atoms with E-state index < -0.39 is 0 Å². The summed E-state index contributed by atoms with van der Waals surface area (Å²) in [5.41, 5.74) is 3.30. The number of hydrogen-bond donors (Lipinski definition) is 3. The number of halogens is 1. The van der Waals surface area contributed by atoms with Crippen LogP contribution in [0.2, 0.25) is 0 Å². The Bertz CT molecular complexity index is 1140. The molecule has 2 atom stereocenters. The molecule has 0 amide bonds. The number of furan rings is 1. The van der Waals surface area contributed by atoms with E-state index in [9.17, 15) is 0 Å². The van der Waals surface area contributed by atoms with Crippen molar-refractivity contribution in [2.24, 2.45) is 4.99 Å². The van der Waals surface area contributed by atoms with E-state index in [-0.39, 0.29) is 19.8 Å². The number of methoxy groups -OCH3 is 2. The smallest absolute Gasteiger partial charge is 0.290 e. The van der Waals surface area contributed by atoms with E-state index in [1.54, 1.807) is 20.3 Å². The van der Waals surface area contributed by atoms with Crippen LogP contribution in [0.1, 0.15) is 45.4 Å². The Labute approximate surface area is 230 Å². The third-order valence-corrected chi connectivity index (χ3v) is 7.60. The van der Waals surface area contributed by atoms with Crippen LogP contribution >= 0.6 is 24.5 Å². The molecule has 37 heavy (non-hydrogen) atoms. The summed E-state index contributed by atoms with van der Waals surface area (Å²) >= 11 is 3.57. The van der Waals surface area contributed by atoms with Crippen LogP contribution in [0.5, 0.6) is 11.7 Å². The molecule has 1 aromatic heterocycles. The zero-order valence-electron chi connectivity index (χ0n) is 22.5. The van der Waals surface area contributed by atoms with Gasteiger partial charge in [-0.3, -0.25) is 4.99 Å². The summed E-state index contributed by atoms with van der Waals surface area (Å²) in [6, 6.07) is 9.68. The van der Waals surface area contributed by atoms with Crippen LogP contribution < -0.4 is 20.7 Å².